The van der Waals surface area contributed by atoms with Crippen molar-refractivity contribution in [2.75, 3.05) is 13.2 Å². The third-order valence-electron chi connectivity index (χ3n) is 2.73. The van der Waals surface area contributed by atoms with Crippen molar-refractivity contribution in [1.29, 1.82) is 0 Å². The molecule has 0 heterocycles. The van der Waals surface area contributed by atoms with E-state index in [4.69, 9.17) is 9.47 Å². The Labute approximate surface area is 113 Å². The Kier molecular flexibility index (Phi) is 6.25. The van der Waals surface area contributed by atoms with E-state index >= 15 is 0 Å². The summed E-state index contributed by atoms with van der Waals surface area (Å²) >= 11 is 0. The van der Waals surface area contributed by atoms with Crippen LogP contribution in [0, 0.1) is 0 Å². The first-order chi connectivity index (χ1) is 9.12. The van der Waals surface area contributed by atoms with Crippen molar-refractivity contribution >= 4 is 5.97 Å². The van der Waals surface area contributed by atoms with Gasteiger partial charge in [0.05, 0.1) is 13.2 Å². The molecular weight excluding hydrogens is 244 g/mol. The molecule has 1 atom stereocenters. The van der Waals surface area contributed by atoms with Crippen molar-refractivity contribution in [3.63, 3.8) is 0 Å². The summed E-state index contributed by atoms with van der Waals surface area (Å²) in [6.07, 6.45) is 2.05. The van der Waals surface area contributed by atoms with Crippen LogP contribution < -0.4 is 0 Å². The first kappa shape index (κ1) is 15.4. The number of aliphatic hydroxyl groups is 1. The van der Waals surface area contributed by atoms with E-state index < -0.39 is 11.6 Å². The number of esters is 1. The number of rotatable bonds is 8. The van der Waals surface area contributed by atoms with Crippen LogP contribution in [0.2, 0.25) is 0 Å². The van der Waals surface area contributed by atoms with Crippen LogP contribution in [0.4, 0.5) is 0 Å². The maximum Gasteiger partial charge on any atom is 0.302 e. The van der Waals surface area contributed by atoms with Crippen molar-refractivity contribution in [2.45, 2.75) is 25.6 Å². The number of carbonyl (C=O) groups is 1. The van der Waals surface area contributed by atoms with Crippen molar-refractivity contribution in [1.82, 2.24) is 0 Å². The van der Waals surface area contributed by atoms with Gasteiger partial charge in [0.2, 0.25) is 0 Å². The molecule has 1 rings (SSSR count). The van der Waals surface area contributed by atoms with Gasteiger partial charge in [-0.1, -0.05) is 36.4 Å². The van der Waals surface area contributed by atoms with Crippen molar-refractivity contribution < 1.29 is 19.4 Å². The molecule has 104 valence electrons. The maximum absolute atomic E-state index is 10.9. The van der Waals surface area contributed by atoms with Gasteiger partial charge >= 0.3 is 5.97 Å². The van der Waals surface area contributed by atoms with Gasteiger partial charge in [-0.25, -0.2) is 0 Å². The van der Waals surface area contributed by atoms with E-state index in [0.29, 0.717) is 13.0 Å². The highest BCUT2D eigenvalue weighted by Gasteiger charge is 2.30. The number of hydrogen-bond acceptors (Lipinski definition) is 4. The molecule has 0 saturated carbocycles. The fourth-order valence-corrected chi connectivity index (χ4v) is 1.62. The third-order valence-corrected chi connectivity index (χ3v) is 2.73. The zero-order valence-electron chi connectivity index (χ0n) is 11.2. The van der Waals surface area contributed by atoms with Crippen LogP contribution >= 0.6 is 0 Å². The summed E-state index contributed by atoms with van der Waals surface area (Å²) in [5, 5.41) is 9.53. The Hall–Kier alpha value is -1.65. The molecule has 19 heavy (non-hydrogen) atoms. The maximum atomic E-state index is 10.9. The molecule has 0 saturated heterocycles. The predicted molar refractivity (Wildman–Crippen MR) is 72.5 cm³/mol. The minimum atomic E-state index is -0.927. The number of aliphatic hydroxyl groups excluding tert-OH is 1. The lowest BCUT2D eigenvalue weighted by Crippen LogP contribution is -2.41. The molecule has 0 unspecified atom stereocenters. The molecule has 4 nitrogen and oxygen atoms in total. The van der Waals surface area contributed by atoms with Gasteiger partial charge in [0.1, 0.15) is 12.2 Å². The number of ether oxygens (including phenoxy) is 2. The third kappa shape index (κ3) is 5.24. The van der Waals surface area contributed by atoms with Gasteiger partial charge in [0, 0.05) is 6.92 Å². The van der Waals surface area contributed by atoms with E-state index in [1.807, 2.05) is 30.3 Å². The molecule has 0 amide bonds. The Morgan fingerprint density at radius 3 is 2.63 bits per heavy atom. The molecule has 0 aliphatic rings. The van der Waals surface area contributed by atoms with Crippen LogP contribution in [-0.2, 0) is 20.9 Å². The lowest BCUT2D eigenvalue weighted by Gasteiger charge is -2.30. The number of hydrogen-bond donors (Lipinski definition) is 1. The molecular formula is C15H20O4. The van der Waals surface area contributed by atoms with Gasteiger partial charge < -0.3 is 14.6 Å². The lowest BCUT2D eigenvalue weighted by molar-refractivity contribution is -0.160. The van der Waals surface area contributed by atoms with E-state index in [9.17, 15) is 9.90 Å². The topological polar surface area (TPSA) is 55.8 Å². The molecule has 0 radical (unpaired) electrons. The molecule has 0 aromatic heterocycles. The van der Waals surface area contributed by atoms with Gasteiger partial charge in [-0.05, 0) is 12.0 Å². The first-order valence-electron chi connectivity index (χ1n) is 6.15. The van der Waals surface area contributed by atoms with Crippen LogP contribution in [0.5, 0.6) is 0 Å². The average molecular weight is 264 g/mol. The highest BCUT2D eigenvalue weighted by molar-refractivity contribution is 5.65. The predicted octanol–water partition coefficient (Wildman–Crippen LogP) is 2.07. The Morgan fingerprint density at radius 1 is 1.42 bits per heavy atom. The molecule has 1 aromatic rings. The second-order valence-corrected chi connectivity index (χ2v) is 4.39. The quantitative estimate of drug-likeness (QED) is 0.577. The zero-order chi connectivity index (χ0) is 14.1. The molecule has 0 fully saturated rings. The number of benzene rings is 1. The Bertz CT molecular complexity index is 402. The van der Waals surface area contributed by atoms with Crippen molar-refractivity contribution in [3.05, 3.63) is 48.6 Å². The smallest absolute Gasteiger partial charge is 0.302 e. The second-order valence-electron chi connectivity index (χ2n) is 4.39. The SMILES string of the molecule is C=CC[C@](CO)(COC(C)=O)OCc1ccccc1. The molecule has 1 aromatic carbocycles. The fourth-order valence-electron chi connectivity index (χ4n) is 1.62. The minimum Gasteiger partial charge on any atom is -0.463 e. The highest BCUT2D eigenvalue weighted by Crippen LogP contribution is 2.19. The molecule has 0 aliphatic carbocycles. The molecule has 1 N–H and O–H groups in total. The van der Waals surface area contributed by atoms with Crippen LogP contribution in [0.3, 0.4) is 0 Å². The summed E-state index contributed by atoms with van der Waals surface area (Å²) in [5.74, 6) is -0.398. The van der Waals surface area contributed by atoms with Crippen LogP contribution in [0.15, 0.2) is 43.0 Å². The van der Waals surface area contributed by atoms with Gasteiger partial charge in [-0.3, -0.25) is 4.79 Å². The van der Waals surface area contributed by atoms with Gasteiger partial charge in [0.15, 0.2) is 0 Å². The summed E-state index contributed by atoms with van der Waals surface area (Å²) in [7, 11) is 0. The van der Waals surface area contributed by atoms with Gasteiger partial charge in [-0.15, -0.1) is 6.58 Å². The number of carbonyl (C=O) groups excluding carboxylic acids is 1. The van der Waals surface area contributed by atoms with Gasteiger partial charge in [-0.2, -0.15) is 0 Å². The first-order valence-corrected chi connectivity index (χ1v) is 6.15. The Balaban J connectivity index is 2.67. The Morgan fingerprint density at radius 2 is 2.11 bits per heavy atom. The summed E-state index contributed by atoms with van der Waals surface area (Å²) in [6, 6.07) is 9.62. The van der Waals surface area contributed by atoms with Crippen LogP contribution in [0.1, 0.15) is 18.9 Å². The largest absolute Gasteiger partial charge is 0.463 e. The van der Waals surface area contributed by atoms with E-state index in [-0.39, 0.29) is 13.2 Å². The molecule has 0 aliphatic heterocycles. The fraction of sp³-hybridized carbons (Fsp3) is 0.400. The second kappa shape index (κ2) is 7.71. The monoisotopic (exact) mass is 264 g/mol. The summed E-state index contributed by atoms with van der Waals surface area (Å²) in [4.78, 5) is 10.9. The zero-order valence-corrected chi connectivity index (χ0v) is 11.2. The molecule has 4 heteroatoms. The standard InChI is InChI=1S/C15H20O4/c1-3-9-15(11-16,12-18-13(2)17)19-10-14-7-5-4-6-8-14/h3-8,16H,1,9-12H2,2H3/t15-/m0/s1. The minimum absolute atomic E-state index is 0.0116. The van der Waals surface area contributed by atoms with E-state index in [1.165, 1.54) is 6.92 Å². The van der Waals surface area contributed by atoms with Crippen LogP contribution in [0.25, 0.3) is 0 Å². The van der Waals surface area contributed by atoms with Crippen molar-refractivity contribution in [3.8, 4) is 0 Å². The summed E-state index contributed by atoms with van der Waals surface area (Å²) in [5.41, 5.74) is 0.0655. The van der Waals surface area contributed by atoms with Crippen LogP contribution in [-0.4, -0.2) is 29.9 Å². The van der Waals surface area contributed by atoms with E-state index in [0.717, 1.165) is 5.56 Å². The normalized spacial score (nSPS) is 13.6. The van der Waals surface area contributed by atoms with E-state index in [1.54, 1.807) is 6.08 Å². The molecule has 0 spiro atoms. The highest BCUT2D eigenvalue weighted by atomic mass is 16.6. The average Bonchev–Trinajstić information content (AvgIpc) is 2.43. The van der Waals surface area contributed by atoms with E-state index in [2.05, 4.69) is 6.58 Å². The van der Waals surface area contributed by atoms with Crippen molar-refractivity contribution in [2.24, 2.45) is 0 Å². The summed E-state index contributed by atoms with van der Waals surface area (Å²) in [6.45, 7) is 5.09. The lowest BCUT2D eigenvalue weighted by atomic mass is 10.0. The molecule has 0 bridgehead atoms. The van der Waals surface area contributed by atoms with Gasteiger partial charge in [0.25, 0.3) is 0 Å². The summed E-state index contributed by atoms with van der Waals surface area (Å²) < 4.78 is 10.7.